The molecule has 0 saturated heterocycles. The molecule has 0 spiro atoms. The molecular weight excluding hydrogens is 260 g/mol. The van der Waals surface area contributed by atoms with Crippen molar-refractivity contribution < 1.29 is 9.47 Å². The van der Waals surface area contributed by atoms with E-state index in [0.717, 1.165) is 55.8 Å². The standard InChI is InChI=1S/C19H26O2/c1-4-6-13-20-18-12-11-16-15(3)9-8-10-17(16)19(18)21-14-7-5-2/h8-12H,4-7,13-14H2,1-3H3. The summed E-state index contributed by atoms with van der Waals surface area (Å²) in [6.45, 7) is 7.97. The van der Waals surface area contributed by atoms with Crippen LogP contribution < -0.4 is 9.47 Å². The van der Waals surface area contributed by atoms with Gasteiger partial charge in [0, 0.05) is 5.39 Å². The fraction of sp³-hybridized carbons (Fsp3) is 0.474. The van der Waals surface area contributed by atoms with Crippen molar-refractivity contribution in [1.82, 2.24) is 0 Å². The zero-order valence-electron chi connectivity index (χ0n) is 13.4. The molecule has 0 bridgehead atoms. The number of aryl methyl sites for hydroxylation is 1. The van der Waals surface area contributed by atoms with Gasteiger partial charge in [-0.05, 0) is 36.8 Å². The molecule has 2 aromatic rings. The van der Waals surface area contributed by atoms with Crippen molar-refractivity contribution in [3.63, 3.8) is 0 Å². The predicted molar refractivity (Wildman–Crippen MR) is 89.5 cm³/mol. The molecule has 0 N–H and O–H groups in total. The minimum absolute atomic E-state index is 0.744. The Morgan fingerprint density at radius 1 is 0.810 bits per heavy atom. The monoisotopic (exact) mass is 286 g/mol. The molecule has 0 heterocycles. The summed E-state index contributed by atoms with van der Waals surface area (Å²) in [6, 6.07) is 10.5. The Kier molecular flexibility index (Phi) is 5.91. The first-order valence-corrected chi connectivity index (χ1v) is 8.05. The fourth-order valence-corrected chi connectivity index (χ4v) is 2.37. The van der Waals surface area contributed by atoms with Crippen LogP contribution in [0.4, 0.5) is 0 Å². The van der Waals surface area contributed by atoms with Crippen molar-refractivity contribution in [3.8, 4) is 11.5 Å². The summed E-state index contributed by atoms with van der Waals surface area (Å²) in [5, 5.41) is 2.40. The van der Waals surface area contributed by atoms with Crippen LogP contribution in [-0.2, 0) is 0 Å². The molecular formula is C19H26O2. The average molecular weight is 286 g/mol. The van der Waals surface area contributed by atoms with E-state index in [1.165, 1.54) is 10.9 Å². The van der Waals surface area contributed by atoms with Crippen molar-refractivity contribution >= 4 is 10.8 Å². The summed E-state index contributed by atoms with van der Waals surface area (Å²) in [4.78, 5) is 0. The van der Waals surface area contributed by atoms with Gasteiger partial charge in [0.15, 0.2) is 11.5 Å². The summed E-state index contributed by atoms with van der Waals surface area (Å²) in [6.07, 6.45) is 4.41. The second kappa shape index (κ2) is 7.92. The SMILES string of the molecule is CCCCOc1ccc2c(C)cccc2c1OCCCC. The van der Waals surface area contributed by atoms with Gasteiger partial charge in [0.05, 0.1) is 13.2 Å². The van der Waals surface area contributed by atoms with Gasteiger partial charge in [-0.2, -0.15) is 0 Å². The smallest absolute Gasteiger partial charge is 0.168 e. The highest BCUT2D eigenvalue weighted by atomic mass is 16.5. The maximum Gasteiger partial charge on any atom is 0.168 e. The molecule has 0 amide bonds. The third-order valence-electron chi connectivity index (χ3n) is 3.69. The van der Waals surface area contributed by atoms with Gasteiger partial charge < -0.3 is 9.47 Å². The number of rotatable bonds is 8. The number of benzene rings is 2. The zero-order chi connectivity index (χ0) is 15.1. The van der Waals surface area contributed by atoms with E-state index in [9.17, 15) is 0 Å². The molecule has 0 aliphatic rings. The second-order valence-corrected chi connectivity index (χ2v) is 5.47. The van der Waals surface area contributed by atoms with Crippen LogP contribution in [0.15, 0.2) is 30.3 Å². The van der Waals surface area contributed by atoms with Crippen molar-refractivity contribution in [1.29, 1.82) is 0 Å². The first-order valence-electron chi connectivity index (χ1n) is 8.05. The van der Waals surface area contributed by atoms with Crippen LogP contribution in [0.1, 0.15) is 45.1 Å². The number of fused-ring (bicyclic) bond motifs is 1. The van der Waals surface area contributed by atoms with E-state index in [2.05, 4.69) is 45.0 Å². The molecule has 2 heteroatoms. The highest BCUT2D eigenvalue weighted by Gasteiger charge is 2.11. The van der Waals surface area contributed by atoms with Gasteiger partial charge in [-0.15, -0.1) is 0 Å². The topological polar surface area (TPSA) is 18.5 Å². The third kappa shape index (κ3) is 3.90. The number of ether oxygens (including phenoxy) is 2. The summed E-state index contributed by atoms with van der Waals surface area (Å²) >= 11 is 0. The fourth-order valence-electron chi connectivity index (χ4n) is 2.37. The zero-order valence-corrected chi connectivity index (χ0v) is 13.4. The van der Waals surface area contributed by atoms with Gasteiger partial charge in [-0.3, -0.25) is 0 Å². The first kappa shape index (κ1) is 15.7. The number of unbranched alkanes of at least 4 members (excludes halogenated alkanes) is 2. The molecule has 0 aromatic heterocycles. The van der Waals surface area contributed by atoms with Gasteiger partial charge in [0.1, 0.15) is 0 Å². The molecule has 2 nitrogen and oxygen atoms in total. The Morgan fingerprint density at radius 2 is 1.52 bits per heavy atom. The molecule has 0 aliphatic carbocycles. The van der Waals surface area contributed by atoms with Gasteiger partial charge in [-0.25, -0.2) is 0 Å². The van der Waals surface area contributed by atoms with E-state index in [4.69, 9.17) is 9.47 Å². The number of hydrogen-bond acceptors (Lipinski definition) is 2. The molecule has 0 fully saturated rings. The highest BCUT2D eigenvalue weighted by Crippen LogP contribution is 2.37. The molecule has 21 heavy (non-hydrogen) atoms. The molecule has 0 unspecified atom stereocenters. The van der Waals surface area contributed by atoms with Crippen LogP contribution in [0.3, 0.4) is 0 Å². The molecule has 0 radical (unpaired) electrons. The van der Waals surface area contributed by atoms with Gasteiger partial charge in [0.2, 0.25) is 0 Å². The maximum atomic E-state index is 6.05. The first-order chi connectivity index (χ1) is 10.3. The normalized spacial score (nSPS) is 10.8. The van der Waals surface area contributed by atoms with Crippen LogP contribution in [-0.4, -0.2) is 13.2 Å². The molecule has 0 saturated carbocycles. The molecule has 2 rings (SSSR count). The Hall–Kier alpha value is -1.70. The number of hydrogen-bond donors (Lipinski definition) is 0. The lowest BCUT2D eigenvalue weighted by Gasteiger charge is -2.16. The van der Waals surface area contributed by atoms with Crippen molar-refractivity contribution in [2.75, 3.05) is 13.2 Å². The predicted octanol–water partition coefficient (Wildman–Crippen LogP) is 5.51. The van der Waals surface area contributed by atoms with Gasteiger partial charge in [0.25, 0.3) is 0 Å². The second-order valence-electron chi connectivity index (χ2n) is 5.47. The van der Waals surface area contributed by atoms with Gasteiger partial charge >= 0.3 is 0 Å². The minimum atomic E-state index is 0.744. The van der Waals surface area contributed by atoms with E-state index in [-0.39, 0.29) is 0 Å². The van der Waals surface area contributed by atoms with Gasteiger partial charge in [-0.1, -0.05) is 51.0 Å². The van der Waals surface area contributed by atoms with E-state index in [0.29, 0.717) is 0 Å². The Labute approximate surface area is 128 Å². The van der Waals surface area contributed by atoms with Crippen LogP contribution in [0.2, 0.25) is 0 Å². The largest absolute Gasteiger partial charge is 0.490 e. The quantitative estimate of drug-likeness (QED) is 0.596. The molecule has 0 aliphatic heterocycles. The molecule has 2 aromatic carbocycles. The summed E-state index contributed by atoms with van der Waals surface area (Å²) in [5.74, 6) is 1.78. The lowest BCUT2D eigenvalue weighted by atomic mass is 10.0. The van der Waals surface area contributed by atoms with Crippen LogP contribution in [0, 0.1) is 6.92 Å². The Bertz CT molecular complexity index is 575. The molecule has 114 valence electrons. The summed E-state index contributed by atoms with van der Waals surface area (Å²) < 4.78 is 12.0. The van der Waals surface area contributed by atoms with Crippen LogP contribution in [0.25, 0.3) is 10.8 Å². The van der Waals surface area contributed by atoms with E-state index < -0.39 is 0 Å². The van der Waals surface area contributed by atoms with E-state index in [1.807, 2.05) is 6.07 Å². The lowest BCUT2D eigenvalue weighted by molar-refractivity contribution is 0.264. The minimum Gasteiger partial charge on any atom is -0.490 e. The lowest BCUT2D eigenvalue weighted by Crippen LogP contribution is -2.03. The maximum absolute atomic E-state index is 6.05. The third-order valence-corrected chi connectivity index (χ3v) is 3.69. The van der Waals surface area contributed by atoms with Crippen molar-refractivity contribution in [3.05, 3.63) is 35.9 Å². The highest BCUT2D eigenvalue weighted by molar-refractivity contribution is 5.93. The Morgan fingerprint density at radius 3 is 2.24 bits per heavy atom. The van der Waals surface area contributed by atoms with Crippen molar-refractivity contribution in [2.45, 2.75) is 46.5 Å². The molecule has 0 atom stereocenters. The van der Waals surface area contributed by atoms with E-state index >= 15 is 0 Å². The summed E-state index contributed by atoms with van der Waals surface area (Å²) in [5.41, 5.74) is 1.27. The van der Waals surface area contributed by atoms with E-state index in [1.54, 1.807) is 0 Å². The van der Waals surface area contributed by atoms with Crippen molar-refractivity contribution in [2.24, 2.45) is 0 Å². The average Bonchev–Trinajstić information content (AvgIpc) is 2.49. The van der Waals surface area contributed by atoms with Crippen LogP contribution >= 0.6 is 0 Å². The summed E-state index contributed by atoms with van der Waals surface area (Å²) in [7, 11) is 0. The van der Waals surface area contributed by atoms with Crippen LogP contribution in [0.5, 0.6) is 11.5 Å². The Balaban J connectivity index is 2.34.